The Morgan fingerprint density at radius 2 is 2.30 bits per heavy atom. The van der Waals surface area contributed by atoms with Crippen LogP contribution >= 0.6 is 0 Å². The van der Waals surface area contributed by atoms with Crippen LogP contribution in [0, 0.1) is 5.92 Å². The number of rotatable bonds is 1. The van der Waals surface area contributed by atoms with Crippen molar-refractivity contribution >= 4 is 5.91 Å². The first kappa shape index (κ1) is 7.32. The van der Waals surface area contributed by atoms with E-state index in [9.17, 15) is 4.79 Å². The van der Waals surface area contributed by atoms with Gasteiger partial charge in [-0.05, 0) is 12.3 Å². The minimum Gasteiger partial charge on any atom is -0.349 e. The second kappa shape index (κ2) is 2.45. The third-order valence-corrected chi connectivity index (χ3v) is 1.91. The SMILES string of the molecule is C=C1C[C@H](C(C)C)NC1=O. The van der Waals surface area contributed by atoms with Gasteiger partial charge in [0.25, 0.3) is 0 Å². The topological polar surface area (TPSA) is 29.1 Å². The molecular formula is C8H13NO. The highest BCUT2D eigenvalue weighted by atomic mass is 16.2. The summed E-state index contributed by atoms with van der Waals surface area (Å²) in [6.07, 6.45) is 0.816. The maximum Gasteiger partial charge on any atom is 0.246 e. The zero-order valence-corrected chi connectivity index (χ0v) is 6.48. The van der Waals surface area contributed by atoms with Gasteiger partial charge in [0.2, 0.25) is 5.91 Å². The Bertz CT molecular complexity index is 156. The third kappa shape index (κ3) is 1.20. The zero-order valence-electron chi connectivity index (χ0n) is 6.48. The smallest absolute Gasteiger partial charge is 0.246 e. The van der Waals surface area contributed by atoms with Crippen LogP contribution < -0.4 is 5.32 Å². The summed E-state index contributed by atoms with van der Waals surface area (Å²) in [6.45, 7) is 7.86. The number of carbonyl (C=O) groups is 1. The average Bonchev–Trinajstić information content (AvgIpc) is 2.13. The Balaban J connectivity index is 2.57. The van der Waals surface area contributed by atoms with E-state index in [4.69, 9.17) is 0 Å². The molecule has 0 radical (unpaired) electrons. The van der Waals surface area contributed by atoms with Gasteiger partial charge in [0.15, 0.2) is 0 Å². The van der Waals surface area contributed by atoms with Crippen LogP contribution in [0.3, 0.4) is 0 Å². The Labute approximate surface area is 61.3 Å². The molecule has 1 aliphatic rings. The predicted octanol–water partition coefficient (Wildman–Crippen LogP) is 1.09. The maximum atomic E-state index is 10.9. The Kier molecular flexibility index (Phi) is 1.79. The van der Waals surface area contributed by atoms with Crippen molar-refractivity contribution in [2.24, 2.45) is 5.92 Å². The largest absolute Gasteiger partial charge is 0.349 e. The highest BCUT2D eigenvalue weighted by Gasteiger charge is 2.26. The summed E-state index contributed by atoms with van der Waals surface area (Å²) in [7, 11) is 0. The first-order valence-electron chi connectivity index (χ1n) is 3.60. The van der Waals surface area contributed by atoms with Gasteiger partial charge in [0, 0.05) is 11.6 Å². The van der Waals surface area contributed by atoms with Crippen molar-refractivity contribution in [1.29, 1.82) is 0 Å². The molecule has 0 spiro atoms. The highest BCUT2D eigenvalue weighted by Crippen LogP contribution is 2.17. The van der Waals surface area contributed by atoms with E-state index in [-0.39, 0.29) is 5.91 Å². The third-order valence-electron chi connectivity index (χ3n) is 1.91. The molecule has 1 N–H and O–H groups in total. The zero-order chi connectivity index (χ0) is 7.72. The number of hydrogen-bond acceptors (Lipinski definition) is 1. The predicted molar refractivity (Wildman–Crippen MR) is 40.5 cm³/mol. The summed E-state index contributed by atoms with van der Waals surface area (Å²) < 4.78 is 0. The van der Waals surface area contributed by atoms with Gasteiger partial charge in [-0.2, -0.15) is 0 Å². The lowest BCUT2D eigenvalue weighted by Crippen LogP contribution is -2.29. The summed E-state index contributed by atoms with van der Waals surface area (Å²) in [5, 5.41) is 2.86. The normalized spacial score (nSPS) is 25.7. The van der Waals surface area contributed by atoms with Gasteiger partial charge < -0.3 is 5.32 Å². The molecule has 2 nitrogen and oxygen atoms in total. The van der Waals surface area contributed by atoms with Crippen molar-refractivity contribution in [3.05, 3.63) is 12.2 Å². The quantitative estimate of drug-likeness (QED) is 0.541. The molecule has 1 heterocycles. The van der Waals surface area contributed by atoms with Crippen molar-refractivity contribution in [3.8, 4) is 0 Å². The molecule has 1 rings (SSSR count). The van der Waals surface area contributed by atoms with E-state index in [1.165, 1.54) is 0 Å². The van der Waals surface area contributed by atoms with E-state index in [1.54, 1.807) is 0 Å². The average molecular weight is 139 g/mol. The van der Waals surface area contributed by atoms with Gasteiger partial charge in [-0.1, -0.05) is 20.4 Å². The summed E-state index contributed by atoms with van der Waals surface area (Å²) >= 11 is 0. The fraction of sp³-hybridized carbons (Fsp3) is 0.625. The maximum absolute atomic E-state index is 10.9. The highest BCUT2D eigenvalue weighted by molar-refractivity contribution is 5.95. The molecule has 1 saturated heterocycles. The molecule has 1 fully saturated rings. The molecule has 0 aromatic carbocycles. The van der Waals surface area contributed by atoms with Crippen LogP contribution in [0.2, 0.25) is 0 Å². The minimum absolute atomic E-state index is 0.0266. The molecule has 0 aromatic rings. The lowest BCUT2D eigenvalue weighted by Gasteiger charge is -2.12. The monoisotopic (exact) mass is 139 g/mol. The second-order valence-electron chi connectivity index (χ2n) is 3.13. The first-order valence-corrected chi connectivity index (χ1v) is 3.60. The fourth-order valence-corrected chi connectivity index (χ4v) is 1.08. The number of carbonyl (C=O) groups excluding carboxylic acids is 1. The van der Waals surface area contributed by atoms with E-state index in [0.717, 1.165) is 12.0 Å². The van der Waals surface area contributed by atoms with Gasteiger partial charge in [-0.15, -0.1) is 0 Å². The summed E-state index contributed by atoms with van der Waals surface area (Å²) in [6, 6.07) is 0.319. The molecule has 1 amide bonds. The van der Waals surface area contributed by atoms with Crippen LogP contribution in [-0.4, -0.2) is 11.9 Å². The molecular weight excluding hydrogens is 126 g/mol. The van der Waals surface area contributed by atoms with Crippen LogP contribution in [0.5, 0.6) is 0 Å². The van der Waals surface area contributed by atoms with E-state index in [0.29, 0.717) is 12.0 Å². The van der Waals surface area contributed by atoms with Crippen molar-refractivity contribution in [2.75, 3.05) is 0 Å². The molecule has 0 saturated carbocycles. The van der Waals surface area contributed by atoms with E-state index in [1.807, 2.05) is 0 Å². The van der Waals surface area contributed by atoms with Gasteiger partial charge in [0.05, 0.1) is 0 Å². The van der Waals surface area contributed by atoms with Gasteiger partial charge in [-0.3, -0.25) is 4.79 Å². The van der Waals surface area contributed by atoms with Crippen molar-refractivity contribution in [3.63, 3.8) is 0 Å². The summed E-state index contributed by atoms with van der Waals surface area (Å²) in [4.78, 5) is 10.9. The second-order valence-corrected chi connectivity index (χ2v) is 3.13. The van der Waals surface area contributed by atoms with Crippen LogP contribution in [0.1, 0.15) is 20.3 Å². The number of hydrogen-bond donors (Lipinski definition) is 1. The first-order chi connectivity index (χ1) is 4.61. The number of amides is 1. The van der Waals surface area contributed by atoms with Gasteiger partial charge >= 0.3 is 0 Å². The molecule has 2 heteroatoms. The van der Waals surface area contributed by atoms with E-state index >= 15 is 0 Å². The molecule has 0 aromatic heterocycles. The molecule has 56 valence electrons. The Hall–Kier alpha value is -0.790. The molecule has 0 unspecified atom stereocenters. The molecule has 0 aliphatic carbocycles. The van der Waals surface area contributed by atoms with Crippen LogP contribution in [-0.2, 0) is 4.79 Å². The Morgan fingerprint density at radius 1 is 1.70 bits per heavy atom. The summed E-state index contributed by atoms with van der Waals surface area (Å²) in [5.41, 5.74) is 0.721. The standard InChI is InChI=1S/C8H13NO/c1-5(2)7-4-6(3)8(10)9-7/h5,7H,3-4H2,1-2H3,(H,9,10)/t7-/m1/s1. The van der Waals surface area contributed by atoms with Crippen molar-refractivity contribution < 1.29 is 4.79 Å². The fourth-order valence-electron chi connectivity index (χ4n) is 1.08. The van der Waals surface area contributed by atoms with Gasteiger partial charge in [0.1, 0.15) is 0 Å². The lowest BCUT2D eigenvalue weighted by atomic mass is 10.0. The van der Waals surface area contributed by atoms with E-state index in [2.05, 4.69) is 25.7 Å². The van der Waals surface area contributed by atoms with Gasteiger partial charge in [-0.25, -0.2) is 0 Å². The van der Waals surface area contributed by atoms with E-state index < -0.39 is 0 Å². The number of nitrogens with one attached hydrogen (secondary N) is 1. The van der Waals surface area contributed by atoms with Crippen molar-refractivity contribution in [2.45, 2.75) is 26.3 Å². The molecule has 0 bridgehead atoms. The molecule has 1 aliphatic heterocycles. The van der Waals surface area contributed by atoms with Crippen molar-refractivity contribution in [1.82, 2.24) is 5.32 Å². The molecule has 10 heavy (non-hydrogen) atoms. The lowest BCUT2D eigenvalue weighted by molar-refractivity contribution is -0.116. The van der Waals surface area contributed by atoms with Crippen LogP contribution in [0.4, 0.5) is 0 Å². The van der Waals surface area contributed by atoms with Crippen LogP contribution in [0.15, 0.2) is 12.2 Å². The summed E-state index contributed by atoms with van der Waals surface area (Å²) in [5.74, 6) is 0.543. The van der Waals surface area contributed by atoms with Crippen LogP contribution in [0.25, 0.3) is 0 Å². The Morgan fingerprint density at radius 3 is 2.50 bits per heavy atom. The molecule has 1 atom stereocenters. The minimum atomic E-state index is 0.0266.